The predicted molar refractivity (Wildman–Crippen MR) is 55.2 cm³/mol. The van der Waals surface area contributed by atoms with Gasteiger partial charge in [0.1, 0.15) is 0 Å². The van der Waals surface area contributed by atoms with Gasteiger partial charge in [0.25, 0.3) is 0 Å². The van der Waals surface area contributed by atoms with Crippen molar-refractivity contribution in [1.29, 1.82) is 0 Å². The molecule has 0 atom stereocenters. The number of aromatic nitrogens is 2. The van der Waals surface area contributed by atoms with Crippen LogP contribution in [0, 0.1) is 0 Å². The predicted octanol–water partition coefficient (Wildman–Crippen LogP) is 2.49. The van der Waals surface area contributed by atoms with Gasteiger partial charge in [-0.25, -0.2) is 0 Å². The van der Waals surface area contributed by atoms with Crippen LogP contribution in [0.4, 0.5) is 0 Å². The van der Waals surface area contributed by atoms with Crippen LogP contribution in [0.15, 0.2) is 4.52 Å². The van der Waals surface area contributed by atoms with Gasteiger partial charge < -0.3 is 4.52 Å². The van der Waals surface area contributed by atoms with Gasteiger partial charge in [-0.15, -0.1) is 11.6 Å². The maximum atomic E-state index is 5.54. The van der Waals surface area contributed by atoms with Crippen molar-refractivity contribution in [2.24, 2.45) is 0 Å². The van der Waals surface area contributed by atoms with Crippen molar-refractivity contribution in [3.8, 4) is 0 Å². The fourth-order valence-corrected chi connectivity index (χ4v) is 1.53. The summed E-state index contributed by atoms with van der Waals surface area (Å²) in [5.41, 5.74) is 0. The molecule has 0 saturated carbocycles. The summed E-state index contributed by atoms with van der Waals surface area (Å²) >= 11 is 7.34. The van der Waals surface area contributed by atoms with Gasteiger partial charge in [0.2, 0.25) is 5.89 Å². The van der Waals surface area contributed by atoms with Crippen LogP contribution in [-0.2, 0) is 12.2 Å². The summed E-state index contributed by atoms with van der Waals surface area (Å²) in [5, 5.41) is 4.43. The molecule has 0 N–H and O–H groups in total. The number of aryl methyl sites for hydroxylation is 1. The first kappa shape index (κ1) is 10.9. The molecule has 5 heteroatoms. The number of alkyl halides is 1. The molecular formula is C8H13ClN2OS. The fraction of sp³-hybridized carbons (Fsp3) is 0.750. The highest BCUT2D eigenvalue weighted by Crippen LogP contribution is 2.14. The topological polar surface area (TPSA) is 38.9 Å². The lowest BCUT2D eigenvalue weighted by molar-refractivity contribution is 0.378. The molecule has 0 bridgehead atoms. The summed E-state index contributed by atoms with van der Waals surface area (Å²) < 4.78 is 4.98. The summed E-state index contributed by atoms with van der Waals surface area (Å²) in [5.74, 6) is 2.73. The van der Waals surface area contributed by atoms with Crippen LogP contribution in [0.2, 0.25) is 0 Å². The summed E-state index contributed by atoms with van der Waals surface area (Å²) in [6.07, 6.45) is 0.654. The Morgan fingerprint density at radius 1 is 1.54 bits per heavy atom. The number of nitrogens with zero attached hydrogens (tertiary/aromatic N) is 2. The van der Waals surface area contributed by atoms with Crippen molar-refractivity contribution >= 4 is 23.4 Å². The van der Waals surface area contributed by atoms with Gasteiger partial charge in [-0.1, -0.05) is 19.0 Å². The first-order valence-electron chi connectivity index (χ1n) is 4.21. The van der Waals surface area contributed by atoms with E-state index >= 15 is 0 Å². The standard InChI is InChI=1S/C8H13ClN2OS/c1-6(2)13-5-7-10-8(3-4-9)12-11-7/h6H,3-5H2,1-2H3. The van der Waals surface area contributed by atoms with Gasteiger partial charge in [0, 0.05) is 12.3 Å². The third kappa shape index (κ3) is 4.00. The quantitative estimate of drug-likeness (QED) is 0.715. The maximum Gasteiger partial charge on any atom is 0.227 e. The van der Waals surface area contributed by atoms with Crippen LogP contribution in [0.3, 0.4) is 0 Å². The Kier molecular flexibility index (Phi) is 4.59. The monoisotopic (exact) mass is 220 g/mol. The molecular weight excluding hydrogens is 208 g/mol. The third-order valence-corrected chi connectivity index (χ3v) is 2.64. The van der Waals surface area contributed by atoms with Gasteiger partial charge >= 0.3 is 0 Å². The second kappa shape index (κ2) is 5.50. The number of halogens is 1. The zero-order valence-electron chi connectivity index (χ0n) is 7.79. The van der Waals surface area contributed by atoms with Crippen molar-refractivity contribution < 1.29 is 4.52 Å². The Morgan fingerprint density at radius 3 is 2.92 bits per heavy atom. The molecule has 1 heterocycles. The molecule has 13 heavy (non-hydrogen) atoms. The van der Waals surface area contributed by atoms with Crippen molar-refractivity contribution in [3.05, 3.63) is 11.7 Å². The van der Waals surface area contributed by atoms with Crippen LogP contribution in [0.1, 0.15) is 25.6 Å². The van der Waals surface area contributed by atoms with Gasteiger partial charge in [0.15, 0.2) is 5.82 Å². The second-order valence-corrected chi connectivity index (χ2v) is 4.85. The summed E-state index contributed by atoms with van der Waals surface area (Å²) in [7, 11) is 0. The first-order valence-corrected chi connectivity index (χ1v) is 5.79. The van der Waals surface area contributed by atoms with E-state index in [9.17, 15) is 0 Å². The van der Waals surface area contributed by atoms with Crippen LogP contribution in [0.5, 0.6) is 0 Å². The lowest BCUT2D eigenvalue weighted by atomic mass is 10.5. The molecule has 0 amide bonds. The molecule has 0 aliphatic carbocycles. The van der Waals surface area contributed by atoms with Gasteiger partial charge in [-0.05, 0) is 5.25 Å². The van der Waals surface area contributed by atoms with Crippen LogP contribution in [-0.4, -0.2) is 21.3 Å². The highest BCUT2D eigenvalue weighted by Gasteiger charge is 2.06. The SMILES string of the molecule is CC(C)SCc1noc(CCCl)n1. The van der Waals surface area contributed by atoms with Crippen molar-refractivity contribution in [1.82, 2.24) is 10.1 Å². The smallest absolute Gasteiger partial charge is 0.227 e. The van der Waals surface area contributed by atoms with Crippen molar-refractivity contribution in [2.45, 2.75) is 31.3 Å². The molecule has 0 aliphatic heterocycles. The molecule has 1 aromatic rings. The van der Waals surface area contributed by atoms with E-state index in [0.717, 1.165) is 11.6 Å². The molecule has 1 aromatic heterocycles. The molecule has 3 nitrogen and oxygen atoms in total. The van der Waals surface area contributed by atoms with Crippen LogP contribution >= 0.6 is 23.4 Å². The minimum Gasteiger partial charge on any atom is -0.339 e. The average molecular weight is 221 g/mol. The Hall–Kier alpha value is -0.220. The summed E-state index contributed by atoms with van der Waals surface area (Å²) in [4.78, 5) is 4.19. The van der Waals surface area contributed by atoms with E-state index in [0.29, 0.717) is 23.4 Å². The van der Waals surface area contributed by atoms with E-state index in [1.807, 2.05) is 0 Å². The van der Waals surface area contributed by atoms with E-state index in [4.69, 9.17) is 16.1 Å². The third-order valence-electron chi connectivity index (χ3n) is 1.36. The Morgan fingerprint density at radius 2 is 2.31 bits per heavy atom. The van der Waals surface area contributed by atoms with Crippen molar-refractivity contribution in [2.75, 3.05) is 5.88 Å². The summed E-state index contributed by atoms with van der Waals surface area (Å²) in [6, 6.07) is 0. The molecule has 74 valence electrons. The van der Waals surface area contributed by atoms with E-state index < -0.39 is 0 Å². The van der Waals surface area contributed by atoms with Crippen LogP contribution < -0.4 is 0 Å². The lowest BCUT2D eigenvalue weighted by Gasteiger charge is -1.98. The molecule has 0 aromatic carbocycles. The van der Waals surface area contributed by atoms with Crippen LogP contribution in [0.25, 0.3) is 0 Å². The maximum absolute atomic E-state index is 5.54. The van der Waals surface area contributed by atoms with Crippen molar-refractivity contribution in [3.63, 3.8) is 0 Å². The normalized spacial score (nSPS) is 11.1. The summed E-state index contributed by atoms with van der Waals surface area (Å²) in [6.45, 7) is 4.29. The van der Waals surface area contributed by atoms with Gasteiger partial charge in [0.05, 0.1) is 5.75 Å². The zero-order chi connectivity index (χ0) is 9.68. The highest BCUT2D eigenvalue weighted by molar-refractivity contribution is 7.99. The van der Waals surface area contributed by atoms with Gasteiger partial charge in [-0.2, -0.15) is 16.7 Å². The molecule has 0 aliphatic rings. The molecule has 0 spiro atoms. The number of hydrogen-bond acceptors (Lipinski definition) is 4. The number of hydrogen-bond donors (Lipinski definition) is 0. The molecule has 0 radical (unpaired) electrons. The fourth-order valence-electron chi connectivity index (χ4n) is 0.772. The first-order chi connectivity index (χ1) is 6.22. The molecule has 1 rings (SSSR count). The van der Waals surface area contributed by atoms with E-state index in [-0.39, 0.29) is 0 Å². The van der Waals surface area contributed by atoms with E-state index in [2.05, 4.69) is 24.0 Å². The molecule has 0 saturated heterocycles. The molecule has 0 fully saturated rings. The zero-order valence-corrected chi connectivity index (χ0v) is 9.36. The van der Waals surface area contributed by atoms with E-state index in [1.165, 1.54) is 0 Å². The Bertz CT molecular complexity index is 252. The Labute approximate surface area is 87.2 Å². The number of rotatable bonds is 5. The number of thioether (sulfide) groups is 1. The van der Waals surface area contributed by atoms with E-state index in [1.54, 1.807) is 11.8 Å². The lowest BCUT2D eigenvalue weighted by Crippen LogP contribution is -1.91. The molecule has 0 unspecified atom stereocenters. The average Bonchev–Trinajstić information content (AvgIpc) is 2.50. The largest absolute Gasteiger partial charge is 0.339 e. The Balaban J connectivity index is 2.39. The minimum absolute atomic E-state index is 0.527. The second-order valence-electron chi connectivity index (χ2n) is 2.90. The minimum atomic E-state index is 0.527. The highest BCUT2D eigenvalue weighted by atomic mass is 35.5. The van der Waals surface area contributed by atoms with Gasteiger partial charge in [-0.3, -0.25) is 0 Å².